The van der Waals surface area contributed by atoms with Gasteiger partial charge in [-0.25, -0.2) is 0 Å². The zero-order chi connectivity index (χ0) is 15.1. The lowest BCUT2D eigenvalue weighted by Gasteiger charge is -2.26. The third-order valence-electron chi connectivity index (χ3n) is 6.18. The molecule has 1 heterocycles. The highest BCUT2D eigenvalue weighted by atomic mass is 16.2. The van der Waals surface area contributed by atoms with Crippen molar-refractivity contribution >= 4 is 5.91 Å². The van der Waals surface area contributed by atoms with E-state index < -0.39 is 0 Å². The number of rotatable bonds is 2. The monoisotopic (exact) mass is 298 g/mol. The van der Waals surface area contributed by atoms with Gasteiger partial charge in [-0.2, -0.15) is 0 Å². The average molecular weight is 298 g/mol. The van der Waals surface area contributed by atoms with Crippen molar-refractivity contribution in [3.05, 3.63) is 35.4 Å². The first-order valence-corrected chi connectivity index (χ1v) is 8.81. The molecule has 3 aliphatic rings. The molecule has 4 atom stereocenters. The summed E-state index contributed by atoms with van der Waals surface area (Å²) in [5, 5.41) is 0. The number of benzene rings is 1. The molecule has 1 aliphatic heterocycles. The van der Waals surface area contributed by atoms with E-state index in [0.29, 0.717) is 29.7 Å². The highest BCUT2D eigenvalue weighted by molar-refractivity contribution is 5.77. The molecule has 22 heavy (non-hydrogen) atoms. The number of fused-ring (bicyclic) bond motifs is 2. The number of carbonyl (C=O) groups excluding carboxylic acids is 1. The molecule has 0 bridgehead atoms. The van der Waals surface area contributed by atoms with E-state index in [4.69, 9.17) is 5.73 Å². The summed E-state index contributed by atoms with van der Waals surface area (Å²) in [6.07, 6.45) is 6.45. The lowest BCUT2D eigenvalue weighted by atomic mass is 9.82. The molecule has 1 aromatic carbocycles. The smallest absolute Gasteiger partial charge is 0.222 e. The minimum absolute atomic E-state index is 0.323. The van der Waals surface area contributed by atoms with Gasteiger partial charge < -0.3 is 10.6 Å². The number of likely N-dealkylation sites (tertiary alicyclic amines) is 1. The second kappa shape index (κ2) is 5.69. The molecular weight excluding hydrogens is 272 g/mol. The van der Waals surface area contributed by atoms with E-state index in [1.165, 1.54) is 17.5 Å². The summed E-state index contributed by atoms with van der Waals surface area (Å²) in [6.45, 7) is 1.87. The van der Waals surface area contributed by atoms with Crippen LogP contribution in [0, 0.1) is 17.8 Å². The average Bonchev–Trinajstić information content (AvgIpc) is 3.10. The predicted octanol–water partition coefficient (Wildman–Crippen LogP) is 2.38. The van der Waals surface area contributed by atoms with Gasteiger partial charge in [0.2, 0.25) is 5.91 Å². The van der Waals surface area contributed by atoms with Crippen molar-refractivity contribution in [2.24, 2.45) is 23.5 Å². The van der Waals surface area contributed by atoms with Crippen LogP contribution in [0.1, 0.15) is 36.8 Å². The SMILES string of the molecule is NC1CCC2CN(C(=O)CC3CCc4ccccc4C3)CC12. The molecule has 1 amide bonds. The Morgan fingerprint density at radius 1 is 1.14 bits per heavy atom. The van der Waals surface area contributed by atoms with Gasteiger partial charge in [0.25, 0.3) is 0 Å². The topological polar surface area (TPSA) is 46.3 Å². The maximum atomic E-state index is 12.6. The Kier molecular flexibility index (Phi) is 3.69. The number of hydrogen-bond donors (Lipinski definition) is 1. The number of hydrogen-bond acceptors (Lipinski definition) is 2. The van der Waals surface area contributed by atoms with Gasteiger partial charge in [0, 0.05) is 25.6 Å². The lowest BCUT2D eigenvalue weighted by Crippen LogP contribution is -2.34. The fourth-order valence-electron chi connectivity index (χ4n) is 4.83. The second-order valence-corrected chi connectivity index (χ2v) is 7.55. The maximum Gasteiger partial charge on any atom is 0.222 e. The molecule has 0 aromatic heterocycles. The van der Waals surface area contributed by atoms with Crippen molar-refractivity contribution in [2.75, 3.05) is 13.1 Å². The standard InChI is InChI=1S/C19H26N2O/c20-18-8-7-16-11-21(12-17(16)18)19(22)10-13-5-6-14-3-1-2-4-15(14)9-13/h1-4,13,16-18H,5-12,20H2. The maximum absolute atomic E-state index is 12.6. The van der Waals surface area contributed by atoms with Crippen molar-refractivity contribution in [2.45, 2.75) is 44.6 Å². The normalized spacial score (nSPS) is 33.6. The van der Waals surface area contributed by atoms with Gasteiger partial charge in [0.1, 0.15) is 0 Å². The van der Waals surface area contributed by atoms with Crippen LogP contribution in [0.5, 0.6) is 0 Å². The van der Waals surface area contributed by atoms with E-state index in [2.05, 4.69) is 29.2 Å². The number of nitrogens with two attached hydrogens (primary N) is 1. The van der Waals surface area contributed by atoms with E-state index in [1.807, 2.05) is 0 Å². The molecular formula is C19H26N2O. The summed E-state index contributed by atoms with van der Waals surface area (Å²) < 4.78 is 0. The molecule has 2 aliphatic carbocycles. The molecule has 1 saturated heterocycles. The number of carbonyl (C=O) groups is 1. The Labute approximate surface area is 132 Å². The predicted molar refractivity (Wildman–Crippen MR) is 87.3 cm³/mol. The molecule has 4 unspecified atom stereocenters. The quantitative estimate of drug-likeness (QED) is 0.911. The first-order valence-electron chi connectivity index (χ1n) is 8.81. The molecule has 3 heteroatoms. The van der Waals surface area contributed by atoms with Gasteiger partial charge in [-0.3, -0.25) is 4.79 Å². The van der Waals surface area contributed by atoms with E-state index >= 15 is 0 Å². The van der Waals surface area contributed by atoms with Crippen LogP contribution in [-0.4, -0.2) is 29.9 Å². The van der Waals surface area contributed by atoms with Crippen LogP contribution >= 0.6 is 0 Å². The van der Waals surface area contributed by atoms with Gasteiger partial charge in [0.15, 0.2) is 0 Å². The fraction of sp³-hybridized carbons (Fsp3) is 0.632. The third-order valence-corrected chi connectivity index (χ3v) is 6.18. The Morgan fingerprint density at radius 2 is 1.95 bits per heavy atom. The molecule has 2 N–H and O–H groups in total. The van der Waals surface area contributed by atoms with Crippen LogP contribution in [0.15, 0.2) is 24.3 Å². The van der Waals surface area contributed by atoms with Crippen molar-refractivity contribution in [1.82, 2.24) is 4.90 Å². The van der Waals surface area contributed by atoms with Crippen molar-refractivity contribution in [3.63, 3.8) is 0 Å². The zero-order valence-corrected chi connectivity index (χ0v) is 13.2. The van der Waals surface area contributed by atoms with Crippen LogP contribution in [0.2, 0.25) is 0 Å². The van der Waals surface area contributed by atoms with Gasteiger partial charge in [-0.05, 0) is 61.0 Å². The number of amides is 1. The minimum Gasteiger partial charge on any atom is -0.342 e. The van der Waals surface area contributed by atoms with Crippen molar-refractivity contribution in [3.8, 4) is 0 Å². The highest BCUT2D eigenvalue weighted by Gasteiger charge is 2.42. The van der Waals surface area contributed by atoms with Crippen LogP contribution in [0.3, 0.4) is 0 Å². The summed E-state index contributed by atoms with van der Waals surface area (Å²) in [6, 6.07) is 9.02. The molecule has 2 fully saturated rings. The highest BCUT2D eigenvalue weighted by Crippen LogP contribution is 2.38. The molecule has 118 valence electrons. The molecule has 3 nitrogen and oxygen atoms in total. The minimum atomic E-state index is 0.323. The van der Waals surface area contributed by atoms with E-state index in [-0.39, 0.29) is 0 Å². The number of nitrogens with zero attached hydrogens (tertiary/aromatic N) is 1. The molecule has 0 radical (unpaired) electrons. The Bertz CT molecular complexity index is 570. The molecule has 4 rings (SSSR count). The molecule has 0 spiro atoms. The van der Waals surface area contributed by atoms with E-state index in [0.717, 1.165) is 45.2 Å². The largest absolute Gasteiger partial charge is 0.342 e. The zero-order valence-electron chi connectivity index (χ0n) is 13.2. The summed E-state index contributed by atoms with van der Waals surface area (Å²) in [7, 11) is 0. The van der Waals surface area contributed by atoms with Gasteiger partial charge in [0.05, 0.1) is 0 Å². The van der Waals surface area contributed by atoms with E-state index in [9.17, 15) is 4.79 Å². The lowest BCUT2D eigenvalue weighted by molar-refractivity contribution is -0.131. The molecule has 1 aromatic rings. The van der Waals surface area contributed by atoms with Gasteiger partial charge >= 0.3 is 0 Å². The first kappa shape index (κ1) is 14.3. The second-order valence-electron chi connectivity index (χ2n) is 7.55. The fourth-order valence-corrected chi connectivity index (χ4v) is 4.83. The summed E-state index contributed by atoms with van der Waals surface area (Å²) >= 11 is 0. The Balaban J connectivity index is 1.36. The Morgan fingerprint density at radius 3 is 2.77 bits per heavy atom. The summed E-state index contributed by atoms with van der Waals surface area (Å²) in [5.74, 6) is 2.13. The number of aryl methyl sites for hydroxylation is 1. The van der Waals surface area contributed by atoms with Crippen LogP contribution in [0.4, 0.5) is 0 Å². The summed E-state index contributed by atoms with van der Waals surface area (Å²) in [5.41, 5.74) is 9.11. The van der Waals surface area contributed by atoms with Crippen molar-refractivity contribution < 1.29 is 4.79 Å². The van der Waals surface area contributed by atoms with Crippen LogP contribution in [-0.2, 0) is 17.6 Å². The first-order chi connectivity index (χ1) is 10.7. The van der Waals surface area contributed by atoms with Crippen molar-refractivity contribution in [1.29, 1.82) is 0 Å². The van der Waals surface area contributed by atoms with Crippen LogP contribution < -0.4 is 5.73 Å². The third kappa shape index (κ3) is 2.56. The van der Waals surface area contributed by atoms with Gasteiger partial charge in [-0.1, -0.05) is 24.3 Å². The van der Waals surface area contributed by atoms with E-state index in [1.54, 1.807) is 0 Å². The Hall–Kier alpha value is -1.35. The molecule has 1 saturated carbocycles. The van der Waals surface area contributed by atoms with Gasteiger partial charge in [-0.15, -0.1) is 0 Å². The summed E-state index contributed by atoms with van der Waals surface area (Å²) in [4.78, 5) is 14.8. The van der Waals surface area contributed by atoms with Crippen LogP contribution in [0.25, 0.3) is 0 Å².